The molecular weight excluding hydrogens is 188 g/mol. The fourth-order valence-corrected chi connectivity index (χ4v) is 1.60. The van der Waals surface area contributed by atoms with E-state index in [0.717, 1.165) is 28.9 Å². The number of anilines is 1. The Morgan fingerprint density at radius 1 is 1.33 bits per heavy atom. The first-order chi connectivity index (χ1) is 7.35. The Morgan fingerprint density at radius 3 is 2.93 bits per heavy atom. The smallest absolute Gasteiger partial charge is 0.119 e. The number of methoxy groups -OCH3 is 1. The van der Waals surface area contributed by atoms with Gasteiger partial charge in [0.2, 0.25) is 0 Å². The molecule has 1 heterocycles. The monoisotopic (exact) mass is 202 g/mol. The molecule has 0 unspecified atom stereocenters. The van der Waals surface area contributed by atoms with Crippen molar-refractivity contribution in [1.82, 2.24) is 4.98 Å². The molecule has 78 valence electrons. The average Bonchev–Trinajstić information content (AvgIpc) is 2.29. The van der Waals surface area contributed by atoms with Gasteiger partial charge in [-0.3, -0.25) is 4.98 Å². The second-order valence-corrected chi connectivity index (χ2v) is 3.27. The number of pyridine rings is 1. The zero-order valence-electron chi connectivity index (χ0n) is 8.95. The van der Waals surface area contributed by atoms with Crippen LogP contribution in [0.3, 0.4) is 0 Å². The van der Waals surface area contributed by atoms with Gasteiger partial charge in [0.15, 0.2) is 0 Å². The van der Waals surface area contributed by atoms with Crippen molar-refractivity contribution in [2.45, 2.75) is 6.92 Å². The normalized spacial score (nSPS) is 10.3. The maximum absolute atomic E-state index is 5.20. The molecule has 0 amide bonds. The van der Waals surface area contributed by atoms with Crippen molar-refractivity contribution in [1.29, 1.82) is 0 Å². The van der Waals surface area contributed by atoms with Crippen molar-refractivity contribution in [3.8, 4) is 5.75 Å². The highest BCUT2D eigenvalue weighted by molar-refractivity contribution is 5.91. The first-order valence-corrected chi connectivity index (χ1v) is 5.01. The molecule has 1 aromatic carbocycles. The van der Waals surface area contributed by atoms with Gasteiger partial charge in [-0.05, 0) is 31.2 Å². The molecule has 3 heteroatoms. The highest BCUT2D eigenvalue weighted by Gasteiger charge is 2.02. The van der Waals surface area contributed by atoms with Crippen LogP contribution in [-0.4, -0.2) is 18.6 Å². The topological polar surface area (TPSA) is 34.2 Å². The summed E-state index contributed by atoms with van der Waals surface area (Å²) in [5.74, 6) is 0.856. The quantitative estimate of drug-likeness (QED) is 0.830. The number of nitrogens with one attached hydrogen (secondary N) is 1. The molecule has 0 bridgehead atoms. The molecule has 0 saturated heterocycles. The van der Waals surface area contributed by atoms with Gasteiger partial charge < -0.3 is 10.1 Å². The van der Waals surface area contributed by atoms with E-state index in [1.54, 1.807) is 7.11 Å². The van der Waals surface area contributed by atoms with E-state index >= 15 is 0 Å². The zero-order chi connectivity index (χ0) is 10.7. The van der Waals surface area contributed by atoms with Gasteiger partial charge in [-0.1, -0.05) is 0 Å². The molecule has 0 atom stereocenters. The van der Waals surface area contributed by atoms with Crippen LogP contribution in [0.1, 0.15) is 6.92 Å². The molecule has 2 aromatic rings. The van der Waals surface area contributed by atoms with Gasteiger partial charge in [-0.25, -0.2) is 0 Å². The third-order valence-corrected chi connectivity index (χ3v) is 2.32. The number of fused-ring (bicyclic) bond motifs is 1. The molecule has 0 fully saturated rings. The van der Waals surface area contributed by atoms with Crippen molar-refractivity contribution in [2.75, 3.05) is 19.0 Å². The van der Waals surface area contributed by atoms with Crippen LogP contribution in [0.4, 0.5) is 5.69 Å². The SMILES string of the molecule is CCNc1ccnc2ccc(OC)cc12. The summed E-state index contributed by atoms with van der Waals surface area (Å²) in [4.78, 5) is 4.30. The number of hydrogen-bond donors (Lipinski definition) is 1. The predicted molar refractivity (Wildman–Crippen MR) is 62.5 cm³/mol. The average molecular weight is 202 g/mol. The number of hydrogen-bond acceptors (Lipinski definition) is 3. The molecule has 0 aliphatic carbocycles. The standard InChI is InChI=1S/C12H14N2O/c1-3-13-12-6-7-14-11-5-4-9(15-2)8-10(11)12/h4-8H,3H2,1-2H3,(H,13,14). The van der Waals surface area contributed by atoms with E-state index in [9.17, 15) is 0 Å². The lowest BCUT2D eigenvalue weighted by Crippen LogP contribution is -1.97. The van der Waals surface area contributed by atoms with Gasteiger partial charge in [0, 0.05) is 23.8 Å². The Labute approximate surface area is 89.1 Å². The van der Waals surface area contributed by atoms with E-state index < -0.39 is 0 Å². The molecule has 0 spiro atoms. The van der Waals surface area contributed by atoms with Gasteiger partial charge in [0.25, 0.3) is 0 Å². The molecule has 1 N–H and O–H groups in total. The summed E-state index contributed by atoms with van der Waals surface area (Å²) >= 11 is 0. The van der Waals surface area contributed by atoms with Crippen LogP contribution in [0.25, 0.3) is 10.9 Å². The maximum atomic E-state index is 5.20. The van der Waals surface area contributed by atoms with E-state index in [1.807, 2.05) is 30.5 Å². The minimum Gasteiger partial charge on any atom is -0.497 e. The van der Waals surface area contributed by atoms with Crippen LogP contribution >= 0.6 is 0 Å². The first-order valence-electron chi connectivity index (χ1n) is 5.01. The van der Waals surface area contributed by atoms with Gasteiger partial charge >= 0.3 is 0 Å². The molecule has 1 aromatic heterocycles. The highest BCUT2D eigenvalue weighted by Crippen LogP contribution is 2.25. The molecule has 2 rings (SSSR count). The lowest BCUT2D eigenvalue weighted by molar-refractivity contribution is 0.415. The Balaban J connectivity index is 2.59. The number of benzene rings is 1. The van der Waals surface area contributed by atoms with Crippen LogP contribution < -0.4 is 10.1 Å². The summed E-state index contributed by atoms with van der Waals surface area (Å²) in [6, 6.07) is 7.87. The Bertz CT molecular complexity index is 468. The molecule has 0 radical (unpaired) electrons. The molecular formula is C12H14N2O. The summed E-state index contributed by atoms with van der Waals surface area (Å²) in [7, 11) is 1.67. The number of ether oxygens (including phenoxy) is 1. The Kier molecular flexibility index (Phi) is 2.72. The van der Waals surface area contributed by atoms with Crippen LogP contribution in [0.15, 0.2) is 30.5 Å². The van der Waals surface area contributed by atoms with Crippen LogP contribution in [-0.2, 0) is 0 Å². The van der Waals surface area contributed by atoms with E-state index in [-0.39, 0.29) is 0 Å². The van der Waals surface area contributed by atoms with Crippen LogP contribution in [0.2, 0.25) is 0 Å². The first kappa shape index (κ1) is 9.77. The summed E-state index contributed by atoms with van der Waals surface area (Å²) in [5, 5.41) is 4.40. The van der Waals surface area contributed by atoms with Crippen LogP contribution in [0.5, 0.6) is 5.75 Å². The van der Waals surface area contributed by atoms with Crippen molar-refractivity contribution < 1.29 is 4.74 Å². The van der Waals surface area contributed by atoms with E-state index in [1.165, 1.54) is 0 Å². The third-order valence-electron chi connectivity index (χ3n) is 2.32. The van der Waals surface area contributed by atoms with E-state index in [2.05, 4.69) is 17.2 Å². The summed E-state index contributed by atoms with van der Waals surface area (Å²) in [5.41, 5.74) is 2.08. The number of aromatic nitrogens is 1. The van der Waals surface area contributed by atoms with Crippen molar-refractivity contribution in [3.63, 3.8) is 0 Å². The Morgan fingerprint density at radius 2 is 2.20 bits per heavy atom. The maximum Gasteiger partial charge on any atom is 0.119 e. The van der Waals surface area contributed by atoms with E-state index in [4.69, 9.17) is 4.74 Å². The van der Waals surface area contributed by atoms with Crippen molar-refractivity contribution in [3.05, 3.63) is 30.5 Å². The summed E-state index contributed by atoms with van der Waals surface area (Å²) in [6.07, 6.45) is 1.81. The molecule has 0 aliphatic heterocycles. The number of rotatable bonds is 3. The summed E-state index contributed by atoms with van der Waals surface area (Å²) in [6.45, 7) is 2.97. The molecule has 3 nitrogen and oxygen atoms in total. The zero-order valence-corrected chi connectivity index (χ0v) is 8.95. The second kappa shape index (κ2) is 4.17. The predicted octanol–water partition coefficient (Wildman–Crippen LogP) is 2.68. The highest BCUT2D eigenvalue weighted by atomic mass is 16.5. The van der Waals surface area contributed by atoms with Crippen molar-refractivity contribution >= 4 is 16.6 Å². The van der Waals surface area contributed by atoms with Crippen LogP contribution in [0, 0.1) is 0 Å². The van der Waals surface area contributed by atoms with Crippen molar-refractivity contribution in [2.24, 2.45) is 0 Å². The largest absolute Gasteiger partial charge is 0.497 e. The lowest BCUT2D eigenvalue weighted by atomic mass is 10.2. The fourth-order valence-electron chi connectivity index (χ4n) is 1.60. The molecule has 0 saturated carbocycles. The number of nitrogens with zero attached hydrogens (tertiary/aromatic N) is 1. The van der Waals surface area contributed by atoms with Gasteiger partial charge in [-0.15, -0.1) is 0 Å². The minimum absolute atomic E-state index is 0.856. The lowest BCUT2D eigenvalue weighted by Gasteiger charge is -2.08. The minimum atomic E-state index is 0.856. The third kappa shape index (κ3) is 1.86. The van der Waals surface area contributed by atoms with Gasteiger partial charge in [-0.2, -0.15) is 0 Å². The fraction of sp³-hybridized carbons (Fsp3) is 0.250. The van der Waals surface area contributed by atoms with Gasteiger partial charge in [0.1, 0.15) is 5.75 Å². The second-order valence-electron chi connectivity index (χ2n) is 3.27. The molecule has 15 heavy (non-hydrogen) atoms. The van der Waals surface area contributed by atoms with Gasteiger partial charge in [0.05, 0.1) is 12.6 Å². The molecule has 0 aliphatic rings. The summed E-state index contributed by atoms with van der Waals surface area (Å²) < 4.78 is 5.20. The van der Waals surface area contributed by atoms with E-state index in [0.29, 0.717) is 0 Å². The Hall–Kier alpha value is -1.77.